The Morgan fingerprint density at radius 3 is 2.86 bits per heavy atom. The van der Waals surface area contributed by atoms with Gasteiger partial charge in [0.2, 0.25) is 5.89 Å². The molecule has 0 radical (unpaired) electrons. The average Bonchev–Trinajstić information content (AvgIpc) is 3.15. The Labute approximate surface area is 128 Å². The van der Waals surface area contributed by atoms with E-state index < -0.39 is 0 Å². The predicted octanol–water partition coefficient (Wildman–Crippen LogP) is 2.25. The van der Waals surface area contributed by atoms with E-state index in [0.717, 1.165) is 17.0 Å². The molecule has 1 aliphatic heterocycles. The van der Waals surface area contributed by atoms with Crippen molar-refractivity contribution in [1.82, 2.24) is 10.0 Å². The Morgan fingerprint density at radius 2 is 2.14 bits per heavy atom. The normalized spacial score (nSPS) is 14.1. The van der Waals surface area contributed by atoms with Gasteiger partial charge in [-0.3, -0.25) is 4.84 Å². The predicted molar refractivity (Wildman–Crippen MR) is 79.3 cm³/mol. The first-order valence-corrected chi connectivity index (χ1v) is 7.12. The highest BCUT2D eigenvalue weighted by Gasteiger charge is 2.15. The molecular formula is C16H18N2O4. The SMILES string of the molecule is Cc1oc(-c2ccccc2)nc1CCON1C=C(CO)OC1. The summed E-state index contributed by atoms with van der Waals surface area (Å²) in [6.07, 6.45) is 2.28. The fourth-order valence-corrected chi connectivity index (χ4v) is 2.17. The average molecular weight is 302 g/mol. The molecule has 6 nitrogen and oxygen atoms in total. The van der Waals surface area contributed by atoms with Crippen molar-refractivity contribution < 1.29 is 19.1 Å². The molecule has 6 heteroatoms. The second-order valence-electron chi connectivity index (χ2n) is 4.92. The number of aliphatic hydroxyl groups excluding tert-OH is 1. The summed E-state index contributed by atoms with van der Waals surface area (Å²) in [5.41, 5.74) is 1.84. The van der Waals surface area contributed by atoms with Crippen LogP contribution in [-0.2, 0) is 16.0 Å². The van der Waals surface area contributed by atoms with Crippen LogP contribution < -0.4 is 0 Å². The first-order chi connectivity index (χ1) is 10.8. The van der Waals surface area contributed by atoms with E-state index in [1.807, 2.05) is 37.3 Å². The lowest BCUT2D eigenvalue weighted by Crippen LogP contribution is -2.17. The Morgan fingerprint density at radius 1 is 1.32 bits per heavy atom. The lowest BCUT2D eigenvalue weighted by molar-refractivity contribution is -0.145. The fourth-order valence-electron chi connectivity index (χ4n) is 2.17. The van der Waals surface area contributed by atoms with Crippen molar-refractivity contribution in [2.75, 3.05) is 19.9 Å². The monoisotopic (exact) mass is 302 g/mol. The number of aliphatic hydroxyl groups is 1. The van der Waals surface area contributed by atoms with Crippen molar-refractivity contribution in [1.29, 1.82) is 0 Å². The van der Waals surface area contributed by atoms with Crippen LogP contribution in [0.5, 0.6) is 0 Å². The molecule has 1 aromatic heterocycles. The maximum absolute atomic E-state index is 8.94. The molecular weight excluding hydrogens is 284 g/mol. The summed E-state index contributed by atoms with van der Waals surface area (Å²) in [4.78, 5) is 10.1. The van der Waals surface area contributed by atoms with Gasteiger partial charge in [-0.15, -0.1) is 0 Å². The molecule has 0 fully saturated rings. The van der Waals surface area contributed by atoms with Crippen LogP contribution in [0.3, 0.4) is 0 Å². The van der Waals surface area contributed by atoms with Gasteiger partial charge in [0.15, 0.2) is 6.73 Å². The van der Waals surface area contributed by atoms with Crippen molar-refractivity contribution in [3.63, 3.8) is 0 Å². The lowest BCUT2D eigenvalue weighted by Gasteiger charge is -2.12. The maximum atomic E-state index is 8.94. The number of aromatic nitrogens is 1. The van der Waals surface area contributed by atoms with Gasteiger partial charge in [0.05, 0.1) is 18.5 Å². The van der Waals surface area contributed by atoms with E-state index in [-0.39, 0.29) is 6.61 Å². The number of hydroxylamine groups is 2. The standard InChI is InChI=1S/C16H18N2O4/c1-12-15(7-8-21-18-9-14(10-19)20-11-18)17-16(22-12)13-5-3-2-4-6-13/h2-6,9,19H,7-8,10-11H2,1H3. The van der Waals surface area contributed by atoms with Crippen molar-refractivity contribution in [2.24, 2.45) is 0 Å². The highest BCUT2D eigenvalue weighted by atomic mass is 16.7. The van der Waals surface area contributed by atoms with Gasteiger partial charge < -0.3 is 14.3 Å². The molecule has 1 aliphatic rings. The molecule has 0 spiro atoms. The van der Waals surface area contributed by atoms with Gasteiger partial charge in [-0.25, -0.2) is 10.0 Å². The van der Waals surface area contributed by atoms with Gasteiger partial charge in [-0.1, -0.05) is 18.2 Å². The van der Waals surface area contributed by atoms with Crippen LogP contribution >= 0.6 is 0 Å². The third-order valence-corrected chi connectivity index (χ3v) is 3.33. The number of rotatable bonds is 6. The van der Waals surface area contributed by atoms with Crippen molar-refractivity contribution in [3.05, 3.63) is 53.7 Å². The van der Waals surface area contributed by atoms with Crippen LogP contribution in [0.15, 0.2) is 46.7 Å². The molecule has 3 rings (SSSR count). The molecule has 2 aromatic rings. The third kappa shape index (κ3) is 3.29. The Bertz CT molecular complexity index is 651. The van der Waals surface area contributed by atoms with Crippen LogP contribution in [0.2, 0.25) is 0 Å². The molecule has 22 heavy (non-hydrogen) atoms. The number of nitrogens with zero attached hydrogens (tertiary/aromatic N) is 2. The zero-order chi connectivity index (χ0) is 15.4. The molecule has 116 valence electrons. The van der Waals surface area contributed by atoms with Gasteiger partial charge in [0.25, 0.3) is 0 Å². The maximum Gasteiger partial charge on any atom is 0.226 e. The number of hydrogen-bond donors (Lipinski definition) is 1. The summed E-state index contributed by atoms with van der Waals surface area (Å²) in [5.74, 6) is 1.93. The van der Waals surface area contributed by atoms with Crippen molar-refractivity contribution >= 4 is 0 Å². The zero-order valence-electron chi connectivity index (χ0n) is 12.4. The van der Waals surface area contributed by atoms with Crippen LogP contribution in [-0.4, -0.2) is 35.1 Å². The van der Waals surface area contributed by atoms with Gasteiger partial charge in [-0.2, -0.15) is 0 Å². The highest BCUT2D eigenvalue weighted by Crippen LogP contribution is 2.21. The van der Waals surface area contributed by atoms with Gasteiger partial charge >= 0.3 is 0 Å². The minimum absolute atomic E-state index is 0.122. The summed E-state index contributed by atoms with van der Waals surface area (Å²) in [6.45, 7) is 2.53. The number of aryl methyl sites for hydroxylation is 1. The molecule has 0 saturated heterocycles. The molecule has 1 N–H and O–H groups in total. The Hall–Kier alpha value is -2.31. The van der Waals surface area contributed by atoms with Gasteiger partial charge in [0, 0.05) is 12.0 Å². The number of benzene rings is 1. The third-order valence-electron chi connectivity index (χ3n) is 3.33. The highest BCUT2D eigenvalue weighted by molar-refractivity contribution is 5.53. The second-order valence-corrected chi connectivity index (χ2v) is 4.92. The van der Waals surface area contributed by atoms with E-state index in [1.54, 1.807) is 11.3 Å². The van der Waals surface area contributed by atoms with Crippen LogP contribution in [0.1, 0.15) is 11.5 Å². The van der Waals surface area contributed by atoms with E-state index >= 15 is 0 Å². The van der Waals surface area contributed by atoms with E-state index in [2.05, 4.69) is 4.98 Å². The van der Waals surface area contributed by atoms with E-state index in [0.29, 0.717) is 31.4 Å². The molecule has 0 aliphatic carbocycles. The fraction of sp³-hybridized carbons (Fsp3) is 0.312. The minimum atomic E-state index is -0.122. The number of hydrogen-bond acceptors (Lipinski definition) is 6. The zero-order valence-corrected chi connectivity index (χ0v) is 12.4. The lowest BCUT2D eigenvalue weighted by atomic mass is 10.2. The van der Waals surface area contributed by atoms with E-state index in [4.69, 9.17) is 19.1 Å². The van der Waals surface area contributed by atoms with Crippen LogP contribution in [0.25, 0.3) is 11.5 Å². The Kier molecular flexibility index (Phi) is 4.41. The summed E-state index contributed by atoms with van der Waals surface area (Å²) >= 11 is 0. The molecule has 0 atom stereocenters. The largest absolute Gasteiger partial charge is 0.471 e. The molecule has 1 aromatic carbocycles. The quantitative estimate of drug-likeness (QED) is 0.882. The van der Waals surface area contributed by atoms with Gasteiger partial charge in [-0.05, 0) is 19.1 Å². The molecule has 0 unspecified atom stereocenters. The van der Waals surface area contributed by atoms with Crippen LogP contribution in [0.4, 0.5) is 0 Å². The van der Waals surface area contributed by atoms with Crippen LogP contribution in [0, 0.1) is 6.92 Å². The molecule has 0 saturated carbocycles. The first kappa shape index (κ1) is 14.6. The summed E-state index contributed by atoms with van der Waals surface area (Å²) in [6, 6.07) is 9.80. The molecule has 0 amide bonds. The van der Waals surface area contributed by atoms with E-state index in [1.165, 1.54) is 0 Å². The summed E-state index contributed by atoms with van der Waals surface area (Å²) < 4.78 is 10.9. The topological polar surface area (TPSA) is 68.0 Å². The van der Waals surface area contributed by atoms with E-state index in [9.17, 15) is 0 Å². The number of ether oxygens (including phenoxy) is 1. The van der Waals surface area contributed by atoms with Crippen molar-refractivity contribution in [2.45, 2.75) is 13.3 Å². The number of oxazole rings is 1. The first-order valence-electron chi connectivity index (χ1n) is 7.12. The second kappa shape index (κ2) is 6.64. The molecule has 0 bridgehead atoms. The van der Waals surface area contributed by atoms with Crippen molar-refractivity contribution in [3.8, 4) is 11.5 Å². The molecule has 2 heterocycles. The Balaban J connectivity index is 1.57. The smallest absolute Gasteiger partial charge is 0.226 e. The minimum Gasteiger partial charge on any atom is -0.471 e. The summed E-state index contributed by atoms with van der Waals surface area (Å²) in [5, 5.41) is 10.5. The summed E-state index contributed by atoms with van der Waals surface area (Å²) in [7, 11) is 0. The van der Waals surface area contributed by atoms with Gasteiger partial charge in [0.1, 0.15) is 18.1 Å².